The summed E-state index contributed by atoms with van der Waals surface area (Å²) < 4.78 is 54.9. The molecule has 1 saturated heterocycles. The van der Waals surface area contributed by atoms with E-state index in [-0.39, 0.29) is 29.3 Å². The first-order valence-electron chi connectivity index (χ1n) is 13.9. The number of likely N-dealkylation sites (tertiary alicyclic amines) is 1. The molecule has 0 aromatic heterocycles. The van der Waals surface area contributed by atoms with Crippen molar-refractivity contribution >= 4 is 5.91 Å². The van der Waals surface area contributed by atoms with E-state index in [9.17, 15) is 4.79 Å². The van der Waals surface area contributed by atoms with Crippen molar-refractivity contribution in [3.8, 4) is 5.75 Å². The van der Waals surface area contributed by atoms with Gasteiger partial charge in [-0.05, 0) is 53.6 Å². The minimum absolute atomic E-state index is 0.00377. The van der Waals surface area contributed by atoms with E-state index >= 15 is 0 Å². The molecule has 5 rings (SSSR count). The number of nitrogens with two attached hydrogens (primary N) is 1. The van der Waals surface area contributed by atoms with Crippen molar-refractivity contribution in [2.75, 3.05) is 26.2 Å². The van der Waals surface area contributed by atoms with Gasteiger partial charge in [0.25, 0.3) is 0 Å². The summed E-state index contributed by atoms with van der Waals surface area (Å²) in [6.45, 7) is -1.49. The monoisotopic (exact) mass is 432 g/mol. The topological polar surface area (TPSA) is 55.6 Å². The van der Waals surface area contributed by atoms with Crippen molar-refractivity contribution in [3.63, 3.8) is 0 Å². The first-order valence-corrected chi connectivity index (χ1v) is 10.9. The van der Waals surface area contributed by atoms with Crippen molar-refractivity contribution < 1.29 is 17.8 Å². The third-order valence-corrected chi connectivity index (χ3v) is 6.56. The van der Waals surface area contributed by atoms with Gasteiger partial charge in [0.15, 0.2) is 0 Å². The maximum Gasteiger partial charge on any atom is 0.232 e. The van der Waals surface area contributed by atoms with Crippen LogP contribution in [0.1, 0.15) is 36.9 Å². The molecule has 0 saturated carbocycles. The van der Waals surface area contributed by atoms with Crippen LogP contribution in [0.4, 0.5) is 0 Å². The molecule has 4 nitrogen and oxygen atoms in total. The highest BCUT2D eigenvalue weighted by molar-refractivity contribution is 5.91. The summed E-state index contributed by atoms with van der Waals surface area (Å²) in [4.78, 5) is 15.3. The van der Waals surface area contributed by atoms with Gasteiger partial charge in [-0.25, -0.2) is 0 Å². The van der Waals surface area contributed by atoms with Crippen LogP contribution in [0.2, 0.25) is 0 Å². The van der Waals surface area contributed by atoms with E-state index < -0.39 is 30.6 Å². The maximum atomic E-state index is 13.3. The highest BCUT2D eigenvalue weighted by Crippen LogP contribution is 2.43. The fraction of sp³-hybridized carbons (Fsp3) is 0.321. The second-order valence-corrected chi connectivity index (χ2v) is 8.34. The number of amides is 1. The quantitative estimate of drug-likeness (QED) is 0.615. The predicted octanol–water partition coefficient (Wildman–Crippen LogP) is 3.96. The third kappa shape index (κ3) is 3.69. The third-order valence-electron chi connectivity index (χ3n) is 6.56. The lowest BCUT2D eigenvalue weighted by molar-refractivity contribution is -0.123. The highest BCUT2D eigenvalue weighted by atomic mass is 16.5. The van der Waals surface area contributed by atoms with E-state index in [4.69, 9.17) is 18.7 Å². The Labute approximate surface area is 198 Å². The van der Waals surface area contributed by atoms with E-state index in [0.717, 1.165) is 11.1 Å². The molecule has 0 spiro atoms. The summed E-state index contributed by atoms with van der Waals surface area (Å²) in [5.41, 5.74) is 6.97. The van der Waals surface area contributed by atoms with Crippen LogP contribution in [0.15, 0.2) is 78.9 Å². The van der Waals surface area contributed by atoms with Crippen LogP contribution < -0.4 is 10.5 Å². The molecule has 0 bridgehead atoms. The van der Waals surface area contributed by atoms with Crippen LogP contribution >= 0.6 is 0 Å². The number of hydrogen-bond donors (Lipinski definition) is 1. The lowest BCUT2D eigenvalue weighted by atomic mass is 9.64. The number of ether oxygens (including phenoxy) is 1. The predicted molar refractivity (Wildman–Crippen MR) is 127 cm³/mol. The van der Waals surface area contributed by atoms with Crippen molar-refractivity contribution in [1.29, 1.82) is 0 Å². The number of carbonyl (C=O) groups excluding carboxylic acids is 1. The molecule has 0 aliphatic carbocycles. The molecule has 0 unspecified atom stereocenters. The Morgan fingerprint density at radius 3 is 2.44 bits per heavy atom. The lowest BCUT2D eigenvalue weighted by Crippen LogP contribution is -2.49. The van der Waals surface area contributed by atoms with Gasteiger partial charge < -0.3 is 15.4 Å². The largest absolute Gasteiger partial charge is 0.493 e. The Morgan fingerprint density at radius 2 is 1.78 bits per heavy atom. The Morgan fingerprint density at radius 1 is 1.09 bits per heavy atom. The molecule has 32 heavy (non-hydrogen) atoms. The van der Waals surface area contributed by atoms with Gasteiger partial charge in [-0.2, -0.15) is 0 Å². The molecular formula is C28H30N2O2. The first kappa shape index (κ1) is 14.9. The molecule has 4 heteroatoms. The smallest absolute Gasteiger partial charge is 0.232 e. The average Bonchev–Trinajstić information content (AvgIpc) is 3.39. The fourth-order valence-corrected chi connectivity index (χ4v) is 5.02. The van der Waals surface area contributed by atoms with Crippen LogP contribution in [0.3, 0.4) is 0 Å². The number of primary amides is 1. The fourth-order valence-electron chi connectivity index (χ4n) is 5.02. The first-order chi connectivity index (χ1) is 17.9. The van der Waals surface area contributed by atoms with E-state index in [1.807, 2.05) is 65.6 Å². The second kappa shape index (κ2) is 8.79. The van der Waals surface area contributed by atoms with E-state index in [2.05, 4.69) is 0 Å². The van der Waals surface area contributed by atoms with Gasteiger partial charge in [-0.15, -0.1) is 0 Å². The number of benzene rings is 3. The molecule has 3 aromatic rings. The van der Waals surface area contributed by atoms with Gasteiger partial charge in [0.05, 0.1) is 9.30 Å². The number of aryl methyl sites for hydroxylation is 1. The Hall–Kier alpha value is -3.11. The maximum absolute atomic E-state index is 13.3. The summed E-state index contributed by atoms with van der Waals surface area (Å²) in [5, 5.41) is 0. The van der Waals surface area contributed by atoms with E-state index in [1.165, 1.54) is 18.2 Å². The molecule has 2 aliphatic rings. The Bertz CT molecular complexity index is 1290. The summed E-state index contributed by atoms with van der Waals surface area (Å²) in [6.07, 6.45) is -3.62. The molecule has 164 valence electrons. The zero-order valence-corrected chi connectivity index (χ0v) is 17.8. The molecule has 1 amide bonds. The van der Waals surface area contributed by atoms with Gasteiger partial charge in [0.2, 0.25) is 5.91 Å². The molecule has 2 N–H and O–H groups in total. The summed E-state index contributed by atoms with van der Waals surface area (Å²) in [6, 6.07) is 23.3. The number of rotatable bonds is 7. The second-order valence-electron chi connectivity index (χ2n) is 8.34. The summed E-state index contributed by atoms with van der Waals surface area (Å²) >= 11 is 0. The van der Waals surface area contributed by atoms with E-state index in [0.29, 0.717) is 19.5 Å². The van der Waals surface area contributed by atoms with Crippen LogP contribution in [-0.2, 0) is 23.0 Å². The van der Waals surface area contributed by atoms with Crippen molar-refractivity contribution in [1.82, 2.24) is 4.90 Å². The molecule has 0 radical (unpaired) electrons. The number of fused-ring (bicyclic) bond motifs is 1. The van der Waals surface area contributed by atoms with Gasteiger partial charge in [0, 0.05) is 24.9 Å². The number of carbonyl (C=O) groups is 1. The molecule has 1 atom stereocenters. The minimum atomic E-state index is -2.53. The number of nitrogens with zero attached hydrogens (tertiary/aromatic N) is 1. The van der Waals surface area contributed by atoms with Gasteiger partial charge in [0.1, 0.15) is 11.2 Å². The Kier molecular flexibility index (Phi) is 4.08. The van der Waals surface area contributed by atoms with E-state index in [1.54, 1.807) is 0 Å². The Balaban J connectivity index is 1.44. The molecule has 2 heterocycles. The van der Waals surface area contributed by atoms with Crippen LogP contribution in [0.25, 0.3) is 0 Å². The van der Waals surface area contributed by atoms with Crippen LogP contribution in [-0.4, -0.2) is 37.0 Å². The molecule has 2 aliphatic heterocycles. The minimum Gasteiger partial charge on any atom is -0.493 e. The SMILES string of the molecule is [2H]C([2H])(CN1CC[C@@H](C(C(N)=O)(c2ccccc2)c2ccccc2)C1)c1ccc2c(c1)C([2H])([2H])C([2H])([2H])O2. The lowest BCUT2D eigenvalue weighted by Gasteiger charge is -2.37. The summed E-state index contributed by atoms with van der Waals surface area (Å²) in [5.74, 6) is -0.548. The highest BCUT2D eigenvalue weighted by Gasteiger charge is 2.49. The standard InChI is InChI=1S/C28H30N2O2/c29-27(31)28(23-7-3-1-4-8-23,24-9-5-2-6-10-24)25-14-17-30(20-25)16-13-21-11-12-26-22(19-21)15-18-32-26/h1-12,19,25H,13-18,20H2,(H2,29,31)/t25-/m1/s1/i13D2,15D2,18D2. The van der Waals surface area contributed by atoms with Gasteiger partial charge >= 0.3 is 0 Å². The van der Waals surface area contributed by atoms with Crippen LogP contribution in [0, 0.1) is 5.92 Å². The van der Waals surface area contributed by atoms with Crippen molar-refractivity contribution in [2.45, 2.75) is 24.6 Å². The molecular weight excluding hydrogens is 396 g/mol. The summed E-state index contributed by atoms with van der Waals surface area (Å²) in [7, 11) is 0. The van der Waals surface area contributed by atoms with Crippen LogP contribution in [0.5, 0.6) is 5.75 Å². The molecule has 3 aromatic carbocycles. The normalized spacial score (nSPS) is 24.7. The van der Waals surface area contributed by atoms with Gasteiger partial charge in [-0.1, -0.05) is 72.8 Å². The number of hydrogen-bond acceptors (Lipinski definition) is 3. The zero-order valence-electron chi connectivity index (χ0n) is 23.8. The van der Waals surface area contributed by atoms with Crippen molar-refractivity contribution in [3.05, 3.63) is 101 Å². The zero-order chi connectivity index (χ0) is 27.3. The van der Waals surface area contributed by atoms with Crippen molar-refractivity contribution in [2.24, 2.45) is 11.7 Å². The van der Waals surface area contributed by atoms with Gasteiger partial charge in [-0.3, -0.25) is 4.79 Å². The average molecular weight is 433 g/mol. The molecule has 1 fully saturated rings.